The monoisotopic (exact) mass is 250 g/mol. The first kappa shape index (κ1) is 15.4. The van der Waals surface area contributed by atoms with E-state index in [1.807, 2.05) is 6.92 Å². The Bertz CT molecular complexity index is 336. The molecule has 1 amide bonds. The van der Waals surface area contributed by atoms with Crippen LogP contribution in [0.4, 0.5) is 0 Å². The molecule has 1 atom stereocenters. The Morgan fingerprint density at radius 1 is 1.38 bits per heavy atom. The molecule has 6 heteroatoms. The second kappa shape index (κ2) is 5.63. The van der Waals surface area contributed by atoms with E-state index in [0.29, 0.717) is 6.54 Å². The average molecular weight is 250 g/mol. The van der Waals surface area contributed by atoms with Crippen molar-refractivity contribution < 1.29 is 13.2 Å². The Kier molecular flexibility index (Phi) is 5.41. The number of carbonyl (C=O) groups is 1. The maximum absolute atomic E-state index is 11.4. The first-order chi connectivity index (χ1) is 7.12. The van der Waals surface area contributed by atoms with Crippen molar-refractivity contribution in [3.05, 3.63) is 0 Å². The molecule has 16 heavy (non-hydrogen) atoms. The molecule has 0 fully saturated rings. The zero-order valence-electron chi connectivity index (χ0n) is 10.6. The minimum Gasteiger partial charge on any atom is -0.355 e. The molecule has 0 heterocycles. The number of hydrogen-bond donors (Lipinski definition) is 2. The van der Waals surface area contributed by atoms with Gasteiger partial charge in [-0.15, -0.1) is 0 Å². The summed E-state index contributed by atoms with van der Waals surface area (Å²) in [6.45, 7) is 7.65. The Morgan fingerprint density at radius 3 is 2.25 bits per heavy atom. The SMILES string of the molecule is CCNC(=O)C(C)NCC(C)(C)S(C)(=O)=O. The van der Waals surface area contributed by atoms with Crippen molar-refractivity contribution in [3.63, 3.8) is 0 Å². The van der Waals surface area contributed by atoms with Crippen molar-refractivity contribution >= 4 is 15.7 Å². The van der Waals surface area contributed by atoms with E-state index in [2.05, 4.69) is 10.6 Å². The van der Waals surface area contributed by atoms with Crippen LogP contribution in [0.1, 0.15) is 27.7 Å². The topological polar surface area (TPSA) is 75.3 Å². The molecule has 0 spiro atoms. The smallest absolute Gasteiger partial charge is 0.236 e. The highest BCUT2D eigenvalue weighted by Gasteiger charge is 2.30. The molecule has 96 valence electrons. The number of amides is 1. The van der Waals surface area contributed by atoms with Crippen LogP contribution in [0.15, 0.2) is 0 Å². The third-order valence-electron chi connectivity index (χ3n) is 2.58. The summed E-state index contributed by atoms with van der Waals surface area (Å²) < 4.78 is 22.0. The van der Waals surface area contributed by atoms with Crippen LogP contribution in [-0.2, 0) is 14.6 Å². The molecule has 0 saturated carbocycles. The van der Waals surface area contributed by atoms with Crippen LogP contribution in [0.2, 0.25) is 0 Å². The minimum absolute atomic E-state index is 0.119. The third-order valence-corrected chi connectivity index (χ3v) is 4.73. The lowest BCUT2D eigenvalue weighted by molar-refractivity contribution is -0.122. The Balaban J connectivity index is 4.31. The molecule has 0 aliphatic carbocycles. The van der Waals surface area contributed by atoms with Gasteiger partial charge >= 0.3 is 0 Å². The number of hydrogen-bond acceptors (Lipinski definition) is 4. The van der Waals surface area contributed by atoms with E-state index in [-0.39, 0.29) is 18.5 Å². The van der Waals surface area contributed by atoms with Crippen molar-refractivity contribution in [1.82, 2.24) is 10.6 Å². The predicted octanol–water partition coefficient (Wildman–Crippen LogP) is -0.0762. The second-order valence-electron chi connectivity index (χ2n) is 4.53. The van der Waals surface area contributed by atoms with Gasteiger partial charge in [-0.3, -0.25) is 4.79 Å². The summed E-state index contributed by atoms with van der Waals surface area (Å²) in [5.41, 5.74) is 0. The lowest BCUT2D eigenvalue weighted by atomic mass is 10.2. The number of sulfone groups is 1. The van der Waals surface area contributed by atoms with Crippen molar-refractivity contribution in [3.8, 4) is 0 Å². The van der Waals surface area contributed by atoms with Crippen LogP contribution in [-0.4, -0.2) is 44.5 Å². The molecule has 2 N–H and O–H groups in total. The highest BCUT2D eigenvalue weighted by atomic mass is 32.2. The number of carbonyl (C=O) groups excluding carboxylic acids is 1. The molecule has 0 bridgehead atoms. The maximum Gasteiger partial charge on any atom is 0.236 e. The zero-order valence-corrected chi connectivity index (χ0v) is 11.4. The van der Waals surface area contributed by atoms with Crippen LogP contribution < -0.4 is 10.6 Å². The predicted molar refractivity (Wildman–Crippen MR) is 65.1 cm³/mol. The Morgan fingerprint density at radius 2 is 1.88 bits per heavy atom. The van der Waals surface area contributed by atoms with Crippen molar-refractivity contribution in [1.29, 1.82) is 0 Å². The van der Waals surface area contributed by atoms with Crippen LogP contribution in [0.25, 0.3) is 0 Å². The summed E-state index contributed by atoms with van der Waals surface area (Å²) in [4.78, 5) is 11.4. The summed E-state index contributed by atoms with van der Waals surface area (Å²) >= 11 is 0. The molecule has 5 nitrogen and oxygen atoms in total. The Hall–Kier alpha value is -0.620. The number of rotatable bonds is 6. The lowest BCUT2D eigenvalue weighted by Crippen LogP contribution is -2.49. The van der Waals surface area contributed by atoms with Crippen LogP contribution in [0.3, 0.4) is 0 Å². The molecule has 0 radical (unpaired) electrons. The summed E-state index contributed by atoms with van der Waals surface area (Å²) in [6.07, 6.45) is 1.20. The normalized spacial score (nSPS) is 14.6. The highest BCUT2D eigenvalue weighted by Crippen LogP contribution is 2.13. The maximum atomic E-state index is 11.4. The van der Waals surface area contributed by atoms with Crippen LogP contribution in [0.5, 0.6) is 0 Å². The molecule has 0 aromatic heterocycles. The highest BCUT2D eigenvalue weighted by molar-refractivity contribution is 7.92. The van der Waals surface area contributed by atoms with Crippen LogP contribution >= 0.6 is 0 Å². The van der Waals surface area contributed by atoms with E-state index in [0.717, 1.165) is 0 Å². The van der Waals surface area contributed by atoms with Gasteiger partial charge in [-0.05, 0) is 27.7 Å². The third kappa shape index (κ3) is 4.49. The molecule has 0 saturated heterocycles. The van der Waals surface area contributed by atoms with Gasteiger partial charge in [-0.2, -0.15) is 0 Å². The van der Waals surface area contributed by atoms with Gasteiger partial charge in [0.15, 0.2) is 9.84 Å². The molecule has 0 aliphatic rings. The van der Waals surface area contributed by atoms with E-state index >= 15 is 0 Å². The zero-order chi connectivity index (χ0) is 13.0. The fraction of sp³-hybridized carbons (Fsp3) is 0.900. The van der Waals surface area contributed by atoms with Gasteiger partial charge in [-0.25, -0.2) is 8.42 Å². The first-order valence-corrected chi connectivity index (χ1v) is 7.21. The molecule has 0 rings (SSSR count). The fourth-order valence-corrected chi connectivity index (χ4v) is 1.30. The largest absolute Gasteiger partial charge is 0.355 e. The summed E-state index contributed by atoms with van der Waals surface area (Å²) in [6, 6.07) is -0.388. The molecule has 1 unspecified atom stereocenters. The van der Waals surface area contributed by atoms with Gasteiger partial charge < -0.3 is 10.6 Å². The van der Waals surface area contributed by atoms with E-state index in [1.165, 1.54) is 6.26 Å². The quantitative estimate of drug-likeness (QED) is 0.691. The summed E-state index contributed by atoms with van der Waals surface area (Å²) in [7, 11) is -3.13. The van der Waals surface area contributed by atoms with Gasteiger partial charge in [0.25, 0.3) is 0 Å². The molecular weight excluding hydrogens is 228 g/mol. The summed E-state index contributed by atoms with van der Waals surface area (Å²) in [5.74, 6) is -0.119. The van der Waals surface area contributed by atoms with Crippen LogP contribution in [0, 0.1) is 0 Å². The average Bonchev–Trinajstić information content (AvgIpc) is 2.12. The Labute approximate surface area is 97.9 Å². The van der Waals surface area contributed by atoms with Gasteiger partial charge in [0.2, 0.25) is 5.91 Å². The van der Waals surface area contributed by atoms with E-state index in [9.17, 15) is 13.2 Å². The van der Waals surface area contributed by atoms with E-state index in [4.69, 9.17) is 0 Å². The van der Waals surface area contributed by atoms with Gasteiger partial charge in [-0.1, -0.05) is 0 Å². The standard InChI is InChI=1S/C10H22N2O3S/c1-6-11-9(13)8(2)12-7-10(3,4)16(5,14)15/h8,12H,6-7H2,1-5H3,(H,11,13). The summed E-state index contributed by atoms with van der Waals surface area (Å²) in [5, 5.41) is 5.59. The van der Waals surface area contributed by atoms with Gasteiger partial charge in [0.1, 0.15) is 0 Å². The first-order valence-electron chi connectivity index (χ1n) is 5.32. The van der Waals surface area contributed by atoms with E-state index in [1.54, 1.807) is 20.8 Å². The molecule has 0 aliphatic heterocycles. The van der Waals surface area contributed by atoms with Gasteiger partial charge in [0, 0.05) is 19.3 Å². The minimum atomic E-state index is -3.13. The van der Waals surface area contributed by atoms with Crippen molar-refractivity contribution in [2.24, 2.45) is 0 Å². The van der Waals surface area contributed by atoms with Crippen molar-refractivity contribution in [2.45, 2.75) is 38.5 Å². The fourth-order valence-electron chi connectivity index (χ4n) is 0.950. The number of likely N-dealkylation sites (N-methyl/N-ethyl adjacent to an activating group) is 1. The number of nitrogens with one attached hydrogen (secondary N) is 2. The molecular formula is C10H22N2O3S. The van der Waals surface area contributed by atoms with E-state index < -0.39 is 14.6 Å². The molecule has 0 aromatic carbocycles. The lowest BCUT2D eigenvalue weighted by Gasteiger charge is -2.25. The molecule has 0 aromatic rings. The van der Waals surface area contributed by atoms with Gasteiger partial charge in [0.05, 0.1) is 10.8 Å². The second-order valence-corrected chi connectivity index (χ2v) is 7.18. The van der Waals surface area contributed by atoms with Crippen molar-refractivity contribution in [2.75, 3.05) is 19.3 Å².